The van der Waals surface area contributed by atoms with E-state index in [1.807, 2.05) is 6.20 Å². The summed E-state index contributed by atoms with van der Waals surface area (Å²) in [7, 11) is 0. The van der Waals surface area contributed by atoms with Crippen LogP contribution in [-0.4, -0.2) is 4.98 Å². The lowest BCUT2D eigenvalue weighted by Gasteiger charge is -2.26. The molecule has 1 heteroatoms. The maximum absolute atomic E-state index is 4.55. The van der Waals surface area contributed by atoms with Crippen LogP contribution in [0, 0.1) is 0 Å². The fraction of sp³-hybridized carbons (Fsp3) is 0.643. The van der Waals surface area contributed by atoms with Crippen molar-refractivity contribution in [1.82, 2.24) is 4.98 Å². The average Bonchev–Trinajstić information content (AvgIpc) is 2.15. The summed E-state index contributed by atoms with van der Waals surface area (Å²) in [6.45, 7) is 13.5. The molecule has 1 heterocycles. The quantitative estimate of drug-likeness (QED) is 0.709. The fourth-order valence-corrected chi connectivity index (χ4v) is 2.12. The number of nitrogens with zero attached hydrogens (tertiary/aromatic N) is 1. The van der Waals surface area contributed by atoms with E-state index in [2.05, 4.69) is 52.6 Å². The molecule has 1 rings (SSSR count). The molecule has 0 radical (unpaired) electrons. The molecule has 0 fully saturated rings. The third-order valence-corrected chi connectivity index (χ3v) is 2.74. The van der Waals surface area contributed by atoms with Crippen LogP contribution in [0.1, 0.15) is 64.3 Å². The summed E-state index contributed by atoms with van der Waals surface area (Å²) in [6, 6.07) is 2.16. The standard InChI is InChI=1S/C14H23N/c1-7-11-8-9-15-13(10(2)3)12(11)14(4,5)6/h8-10H,7H2,1-6H3. The molecular weight excluding hydrogens is 182 g/mol. The number of hydrogen-bond acceptors (Lipinski definition) is 1. The van der Waals surface area contributed by atoms with Crippen LogP contribution in [0.25, 0.3) is 0 Å². The third-order valence-electron chi connectivity index (χ3n) is 2.74. The molecule has 1 aromatic rings. The number of rotatable bonds is 2. The summed E-state index contributed by atoms with van der Waals surface area (Å²) < 4.78 is 0. The van der Waals surface area contributed by atoms with E-state index >= 15 is 0 Å². The highest BCUT2D eigenvalue weighted by Gasteiger charge is 2.23. The Balaban J connectivity index is 3.41. The van der Waals surface area contributed by atoms with Crippen molar-refractivity contribution in [3.8, 4) is 0 Å². The smallest absolute Gasteiger partial charge is 0.0469 e. The van der Waals surface area contributed by atoms with Gasteiger partial charge in [-0.05, 0) is 34.9 Å². The van der Waals surface area contributed by atoms with Crippen molar-refractivity contribution in [2.45, 2.75) is 59.3 Å². The summed E-state index contributed by atoms with van der Waals surface area (Å²) in [5.41, 5.74) is 4.35. The highest BCUT2D eigenvalue weighted by molar-refractivity contribution is 5.37. The first-order valence-electron chi connectivity index (χ1n) is 5.86. The molecule has 0 spiro atoms. The monoisotopic (exact) mass is 205 g/mol. The normalized spacial score (nSPS) is 12.2. The molecule has 0 amide bonds. The van der Waals surface area contributed by atoms with Crippen molar-refractivity contribution >= 4 is 0 Å². The van der Waals surface area contributed by atoms with Gasteiger partial charge in [-0.3, -0.25) is 4.98 Å². The van der Waals surface area contributed by atoms with E-state index < -0.39 is 0 Å². The summed E-state index contributed by atoms with van der Waals surface area (Å²) in [4.78, 5) is 4.55. The predicted octanol–water partition coefficient (Wildman–Crippen LogP) is 4.06. The molecular formula is C14H23N. The number of hydrogen-bond donors (Lipinski definition) is 0. The van der Waals surface area contributed by atoms with E-state index in [9.17, 15) is 0 Å². The van der Waals surface area contributed by atoms with Gasteiger partial charge in [0.15, 0.2) is 0 Å². The second-order valence-electron chi connectivity index (χ2n) is 5.49. The van der Waals surface area contributed by atoms with Gasteiger partial charge < -0.3 is 0 Å². The van der Waals surface area contributed by atoms with Crippen LogP contribution in [0.5, 0.6) is 0 Å². The summed E-state index contributed by atoms with van der Waals surface area (Å²) in [6.07, 6.45) is 3.04. The summed E-state index contributed by atoms with van der Waals surface area (Å²) in [5.74, 6) is 0.505. The van der Waals surface area contributed by atoms with Crippen molar-refractivity contribution in [2.24, 2.45) is 0 Å². The summed E-state index contributed by atoms with van der Waals surface area (Å²) in [5, 5.41) is 0. The van der Waals surface area contributed by atoms with E-state index in [1.54, 1.807) is 0 Å². The molecule has 0 N–H and O–H groups in total. The zero-order chi connectivity index (χ0) is 11.6. The molecule has 84 valence electrons. The molecule has 0 aliphatic heterocycles. The van der Waals surface area contributed by atoms with Crippen molar-refractivity contribution in [2.75, 3.05) is 0 Å². The van der Waals surface area contributed by atoms with E-state index in [4.69, 9.17) is 0 Å². The van der Waals surface area contributed by atoms with Gasteiger partial charge in [0.1, 0.15) is 0 Å². The first-order chi connectivity index (χ1) is 6.88. The van der Waals surface area contributed by atoms with E-state index in [-0.39, 0.29) is 5.41 Å². The van der Waals surface area contributed by atoms with E-state index in [0.29, 0.717) is 5.92 Å². The Labute approximate surface area is 93.9 Å². The minimum absolute atomic E-state index is 0.194. The largest absolute Gasteiger partial charge is 0.261 e. The Kier molecular flexibility index (Phi) is 3.54. The third kappa shape index (κ3) is 2.58. The maximum Gasteiger partial charge on any atom is 0.0469 e. The van der Waals surface area contributed by atoms with Gasteiger partial charge in [0, 0.05) is 11.9 Å². The molecule has 15 heavy (non-hydrogen) atoms. The minimum Gasteiger partial charge on any atom is -0.261 e. The van der Waals surface area contributed by atoms with Gasteiger partial charge in [0.2, 0.25) is 0 Å². The lowest BCUT2D eigenvalue weighted by Crippen LogP contribution is -2.19. The Hall–Kier alpha value is -0.850. The fourth-order valence-electron chi connectivity index (χ4n) is 2.12. The lowest BCUT2D eigenvalue weighted by molar-refractivity contribution is 0.563. The van der Waals surface area contributed by atoms with Gasteiger partial charge in [-0.1, -0.05) is 41.5 Å². The molecule has 1 nitrogen and oxygen atoms in total. The number of aromatic nitrogens is 1. The van der Waals surface area contributed by atoms with Crippen LogP contribution in [0.4, 0.5) is 0 Å². The minimum atomic E-state index is 0.194. The topological polar surface area (TPSA) is 12.9 Å². The highest BCUT2D eigenvalue weighted by Crippen LogP contribution is 2.32. The molecule has 0 unspecified atom stereocenters. The number of aryl methyl sites for hydroxylation is 1. The van der Waals surface area contributed by atoms with Crippen LogP contribution in [0.15, 0.2) is 12.3 Å². The first kappa shape index (κ1) is 12.2. The SMILES string of the molecule is CCc1ccnc(C(C)C)c1C(C)(C)C. The van der Waals surface area contributed by atoms with Crippen molar-refractivity contribution in [3.63, 3.8) is 0 Å². The zero-order valence-corrected chi connectivity index (χ0v) is 10.9. The first-order valence-corrected chi connectivity index (χ1v) is 5.86. The van der Waals surface area contributed by atoms with Gasteiger partial charge in [0.25, 0.3) is 0 Å². The molecule has 1 aromatic heterocycles. The number of pyridine rings is 1. The van der Waals surface area contributed by atoms with Gasteiger partial charge in [-0.25, -0.2) is 0 Å². The van der Waals surface area contributed by atoms with Crippen LogP contribution in [-0.2, 0) is 11.8 Å². The maximum atomic E-state index is 4.55. The van der Waals surface area contributed by atoms with Gasteiger partial charge in [-0.2, -0.15) is 0 Å². The average molecular weight is 205 g/mol. The van der Waals surface area contributed by atoms with E-state index in [0.717, 1.165) is 6.42 Å². The van der Waals surface area contributed by atoms with Crippen LogP contribution in [0.3, 0.4) is 0 Å². The molecule has 0 aromatic carbocycles. The van der Waals surface area contributed by atoms with E-state index in [1.165, 1.54) is 16.8 Å². The van der Waals surface area contributed by atoms with Gasteiger partial charge >= 0.3 is 0 Å². The summed E-state index contributed by atoms with van der Waals surface area (Å²) >= 11 is 0. The molecule has 0 aliphatic rings. The molecule has 0 atom stereocenters. The van der Waals surface area contributed by atoms with Crippen molar-refractivity contribution in [1.29, 1.82) is 0 Å². The Morgan fingerprint density at radius 2 is 1.87 bits per heavy atom. The highest BCUT2D eigenvalue weighted by atomic mass is 14.7. The Morgan fingerprint density at radius 3 is 2.27 bits per heavy atom. The van der Waals surface area contributed by atoms with Gasteiger partial charge in [-0.15, -0.1) is 0 Å². The molecule has 0 saturated heterocycles. The van der Waals surface area contributed by atoms with Crippen LogP contribution >= 0.6 is 0 Å². The van der Waals surface area contributed by atoms with Crippen LogP contribution in [0.2, 0.25) is 0 Å². The molecule has 0 saturated carbocycles. The second-order valence-corrected chi connectivity index (χ2v) is 5.49. The van der Waals surface area contributed by atoms with Crippen LogP contribution < -0.4 is 0 Å². The predicted molar refractivity (Wildman–Crippen MR) is 66.4 cm³/mol. The second kappa shape index (κ2) is 4.34. The van der Waals surface area contributed by atoms with Crippen molar-refractivity contribution < 1.29 is 0 Å². The van der Waals surface area contributed by atoms with Gasteiger partial charge in [0.05, 0.1) is 0 Å². The molecule has 0 aliphatic carbocycles. The lowest BCUT2D eigenvalue weighted by atomic mass is 9.80. The Bertz CT molecular complexity index is 332. The van der Waals surface area contributed by atoms with Crippen molar-refractivity contribution in [3.05, 3.63) is 29.1 Å². The zero-order valence-electron chi connectivity index (χ0n) is 10.9. The Morgan fingerprint density at radius 1 is 1.27 bits per heavy atom. The molecule has 0 bridgehead atoms.